The van der Waals surface area contributed by atoms with E-state index >= 15 is 0 Å². The second-order valence-electron chi connectivity index (χ2n) is 8.38. The van der Waals surface area contributed by atoms with E-state index in [0.717, 1.165) is 6.42 Å². The molecule has 0 saturated heterocycles. The van der Waals surface area contributed by atoms with Gasteiger partial charge < -0.3 is 26.0 Å². The first-order valence-electron chi connectivity index (χ1n) is 9.11. The summed E-state index contributed by atoms with van der Waals surface area (Å²) in [4.78, 5) is 35.6. The van der Waals surface area contributed by atoms with Crippen LogP contribution in [0.15, 0.2) is 24.3 Å². The van der Waals surface area contributed by atoms with Gasteiger partial charge in [-0.3, -0.25) is 9.59 Å². The van der Waals surface area contributed by atoms with E-state index in [1.54, 1.807) is 12.1 Å². The van der Waals surface area contributed by atoms with Gasteiger partial charge in [0.05, 0.1) is 12.5 Å². The van der Waals surface area contributed by atoms with Crippen molar-refractivity contribution in [1.29, 1.82) is 0 Å². The Balaban J connectivity index is 2.90. The third kappa shape index (κ3) is 7.96. The number of phenols is 1. The number of nitrogens with one attached hydrogen (secondary N) is 2. The number of amides is 1. The number of aromatic hydroxyl groups is 1. The average Bonchev–Trinajstić information content (AvgIpc) is 2.54. The molecule has 8 nitrogen and oxygen atoms in total. The Bertz CT molecular complexity index is 696. The minimum Gasteiger partial charge on any atom is -0.508 e. The summed E-state index contributed by atoms with van der Waals surface area (Å²) >= 11 is 0. The third-order valence-corrected chi connectivity index (χ3v) is 4.33. The fourth-order valence-corrected chi connectivity index (χ4v) is 2.61. The zero-order chi connectivity index (χ0) is 21.5. The zero-order valence-corrected chi connectivity index (χ0v) is 16.8. The molecule has 0 aromatic heterocycles. The Morgan fingerprint density at radius 1 is 1.04 bits per heavy atom. The fraction of sp³-hybridized carbons (Fsp3) is 0.550. The molecule has 0 heterocycles. The number of carboxylic acids is 2. The number of hydrogen-bond donors (Lipinski definition) is 5. The quantitative estimate of drug-likeness (QED) is 0.408. The first-order valence-corrected chi connectivity index (χ1v) is 9.11. The lowest BCUT2D eigenvalue weighted by Crippen LogP contribution is -2.58. The standard InChI is InChI=1S/C20H30N2O6/c1-19(2,3)9-10-21-15(11-16(24)25)17(26)22-20(4,18(27)28)12-13-5-7-14(23)8-6-13/h5-8,15,21,23H,9-12H2,1-4H3,(H,22,26)(H,24,25)(H,27,28)/t15-,20-/m0/s1. The number of rotatable bonds is 10. The summed E-state index contributed by atoms with van der Waals surface area (Å²) < 4.78 is 0. The maximum absolute atomic E-state index is 12.7. The number of hydrogen-bond acceptors (Lipinski definition) is 5. The van der Waals surface area contributed by atoms with Crippen LogP contribution in [0.2, 0.25) is 0 Å². The van der Waals surface area contributed by atoms with Crippen molar-refractivity contribution in [3.05, 3.63) is 29.8 Å². The number of carbonyl (C=O) groups is 3. The highest BCUT2D eigenvalue weighted by molar-refractivity contribution is 5.91. The van der Waals surface area contributed by atoms with Crippen molar-refractivity contribution in [3.8, 4) is 5.75 Å². The summed E-state index contributed by atoms with van der Waals surface area (Å²) in [7, 11) is 0. The van der Waals surface area contributed by atoms with Crippen LogP contribution < -0.4 is 10.6 Å². The minimum absolute atomic E-state index is 0.00565. The molecule has 1 aromatic rings. The Morgan fingerprint density at radius 3 is 2.07 bits per heavy atom. The fourth-order valence-electron chi connectivity index (χ4n) is 2.61. The molecule has 0 unspecified atom stereocenters. The smallest absolute Gasteiger partial charge is 0.329 e. The van der Waals surface area contributed by atoms with Gasteiger partial charge in [-0.1, -0.05) is 32.9 Å². The molecule has 2 atom stereocenters. The van der Waals surface area contributed by atoms with E-state index in [-0.39, 0.29) is 17.6 Å². The molecule has 0 saturated carbocycles. The Kier molecular flexibility index (Phi) is 7.99. The lowest BCUT2D eigenvalue weighted by atomic mass is 9.91. The van der Waals surface area contributed by atoms with Gasteiger partial charge in [0.2, 0.25) is 5.91 Å². The van der Waals surface area contributed by atoms with E-state index in [4.69, 9.17) is 5.11 Å². The van der Waals surface area contributed by atoms with Crippen molar-refractivity contribution in [2.45, 2.75) is 58.5 Å². The average molecular weight is 394 g/mol. The molecule has 28 heavy (non-hydrogen) atoms. The van der Waals surface area contributed by atoms with Crippen molar-refractivity contribution >= 4 is 17.8 Å². The van der Waals surface area contributed by atoms with E-state index in [1.807, 2.05) is 20.8 Å². The predicted molar refractivity (Wildman–Crippen MR) is 104 cm³/mol. The van der Waals surface area contributed by atoms with Gasteiger partial charge in [0.15, 0.2) is 0 Å². The zero-order valence-electron chi connectivity index (χ0n) is 16.8. The van der Waals surface area contributed by atoms with E-state index in [1.165, 1.54) is 19.1 Å². The minimum atomic E-state index is -1.63. The summed E-state index contributed by atoms with van der Waals surface area (Å²) in [5.41, 5.74) is -1.01. The van der Waals surface area contributed by atoms with Crippen molar-refractivity contribution in [2.75, 3.05) is 6.54 Å². The number of carbonyl (C=O) groups excluding carboxylic acids is 1. The van der Waals surface area contributed by atoms with E-state index < -0.39 is 35.8 Å². The second kappa shape index (κ2) is 9.54. The van der Waals surface area contributed by atoms with E-state index in [9.17, 15) is 24.6 Å². The lowest BCUT2D eigenvalue weighted by molar-refractivity contribution is -0.147. The number of aliphatic carboxylic acids is 2. The SMILES string of the molecule is CC(C)(C)CCN[C@@H](CC(=O)O)C(=O)N[C@@](C)(Cc1ccc(O)cc1)C(=O)O. The van der Waals surface area contributed by atoms with Crippen LogP contribution in [0.4, 0.5) is 0 Å². The van der Waals surface area contributed by atoms with Crippen molar-refractivity contribution in [1.82, 2.24) is 10.6 Å². The Labute approximate surface area is 165 Å². The molecule has 0 aliphatic carbocycles. The summed E-state index contributed by atoms with van der Waals surface area (Å²) in [5, 5.41) is 33.5. The third-order valence-electron chi connectivity index (χ3n) is 4.33. The molecular formula is C20H30N2O6. The number of carboxylic acid groups (broad SMARTS) is 2. The highest BCUT2D eigenvalue weighted by atomic mass is 16.4. The van der Waals surface area contributed by atoms with Gasteiger partial charge in [0.25, 0.3) is 0 Å². The van der Waals surface area contributed by atoms with Gasteiger partial charge >= 0.3 is 11.9 Å². The van der Waals surface area contributed by atoms with Crippen LogP contribution in [-0.2, 0) is 20.8 Å². The van der Waals surface area contributed by atoms with Crippen LogP contribution in [0.1, 0.15) is 46.1 Å². The topological polar surface area (TPSA) is 136 Å². The molecule has 5 N–H and O–H groups in total. The van der Waals surface area contributed by atoms with Crippen LogP contribution in [-0.4, -0.2) is 51.3 Å². The van der Waals surface area contributed by atoms with Gasteiger partial charge in [0, 0.05) is 6.42 Å². The first-order chi connectivity index (χ1) is 12.8. The van der Waals surface area contributed by atoms with E-state index in [0.29, 0.717) is 12.1 Å². The predicted octanol–water partition coefficient (Wildman–Crippen LogP) is 1.76. The number of phenolic OH excluding ortho intramolecular Hbond substituents is 1. The van der Waals surface area contributed by atoms with E-state index in [2.05, 4.69) is 10.6 Å². The molecule has 8 heteroatoms. The normalized spacial score (nSPS) is 14.7. The summed E-state index contributed by atoms with van der Waals surface area (Å²) in [5.74, 6) is -3.02. The monoisotopic (exact) mass is 394 g/mol. The maximum atomic E-state index is 12.7. The van der Waals surface area contributed by atoms with Crippen LogP contribution in [0.5, 0.6) is 5.75 Å². The largest absolute Gasteiger partial charge is 0.508 e. The van der Waals surface area contributed by atoms with Gasteiger partial charge in [-0.05, 0) is 43.0 Å². The maximum Gasteiger partial charge on any atom is 0.329 e. The Hall–Kier alpha value is -2.61. The summed E-state index contributed by atoms with van der Waals surface area (Å²) in [6.07, 6.45) is 0.251. The molecule has 0 bridgehead atoms. The van der Waals surface area contributed by atoms with Gasteiger partial charge in [-0.15, -0.1) is 0 Å². The molecule has 0 fully saturated rings. The summed E-state index contributed by atoms with van der Waals surface area (Å²) in [6.45, 7) is 7.88. The molecule has 1 aromatic carbocycles. The molecule has 0 spiro atoms. The second-order valence-corrected chi connectivity index (χ2v) is 8.38. The van der Waals surface area contributed by atoms with Crippen molar-refractivity contribution in [2.24, 2.45) is 5.41 Å². The number of benzene rings is 1. The molecule has 156 valence electrons. The Morgan fingerprint density at radius 2 is 1.61 bits per heavy atom. The highest BCUT2D eigenvalue weighted by Gasteiger charge is 2.37. The molecule has 0 radical (unpaired) electrons. The van der Waals surface area contributed by atoms with Gasteiger partial charge in [0.1, 0.15) is 11.3 Å². The molecule has 0 aliphatic heterocycles. The molecule has 1 amide bonds. The highest BCUT2D eigenvalue weighted by Crippen LogP contribution is 2.19. The first kappa shape index (κ1) is 23.4. The van der Waals surface area contributed by atoms with Crippen LogP contribution in [0.25, 0.3) is 0 Å². The summed E-state index contributed by atoms with van der Waals surface area (Å²) in [6, 6.07) is 4.96. The van der Waals surface area contributed by atoms with Gasteiger partial charge in [-0.2, -0.15) is 0 Å². The molecular weight excluding hydrogens is 364 g/mol. The molecule has 0 aliphatic rings. The van der Waals surface area contributed by atoms with Crippen LogP contribution >= 0.6 is 0 Å². The molecule has 1 rings (SSSR count). The van der Waals surface area contributed by atoms with Gasteiger partial charge in [-0.25, -0.2) is 4.79 Å². The van der Waals surface area contributed by atoms with Crippen molar-refractivity contribution < 1.29 is 29.7 Å². The lowest BCUT2D eigenvalue weighted by Gasteiger charge is -2.29. The van der Waals surface area contributed by atoms with Crippen molar-refractivity contribution in [3.63, 3.8) is 0 Å². The van der Waals surface area contributed by atoms with Crippen LogP contribution in [0, 0.1) is 5.41 Å². The van der Waals surface area contributed by atoms with Crippen LogP contribution in [0.3, 0.4) is 0 Å².